The van der Waals surface area contributed by atoms with Crippen LogP contribution in [-0.4, -0.2) is 18.9 Å². The van der Waals surface area contributed by atoms with Crippen LogP contribution in [0, 0.1) is 33.1 Å². The maximum Gasteiger partial charge on any atom is 0.279 e. The Hall–Kier alpha value is -3.67. The molecule has 1 N–H and O–H groups in total. The smallest absolute Gasteiger partial charge is 0.279 e. The van der Waals surface area contributed by atoms with Crippen molar-refractivity contribution >= 4 is 43.2 Å². The molecule has 0 aliphatic carbocycles. The van der Waals surface area contributed by atoms with Crippen molar-refractivity contribution in [2.45, 2.75) is 32.2 Å². The summed E-state index contributed by atoms with van der Waals surface area (Å²) < 4.78 is 30.8. The van der Waals surface area contributed by atoms with Crippen LogP contribution >= 0.6 is 11.3 Å². The first-order valence-corrected chi connectivity index (χ1v) is 12.8. The summed E-state index contributed by atoms with van der Waals surface area (Å²) in [6, 6.07) is 16.9. The second-order valence-electron chi connectivity index (χ2n) is 8.00. The van der Waals surface area contributed by atoms with Crippen LogP contribution < -0.4 is 9.52 Å². The minimum atomic E-state index is -3.79. The van der Waals surface area contributed by atoms with Gasteiger partial charge in [0.25, 0.3) is 15.9 Å². The fourth-order valence-electron chi connectivity index (χ4n) is 3.45. The lowest BCUT2D eigenvalue weighted by molar-refractivity contribution is 0.0998. The van der Waals surface area contributed by atoms with Gasteiger partial charge in [0.05, 0.1) is 21.7 Å². The molecule has 172 valence electrons. The van der Waals surface area contributed by atoms with Gasteiger partial charge >= 0.3 is 0 Å². The molecule has 0 radical (unpaired) electrons. The van der Waals surface area contributed by atoms with Crippen molar-refractivity contribution in [3.63, 3.8) is 0 Å². The normalized spacial score (nSPS) is 12.0. The topological polar surface area (TPSA) is 80.5 Å². The largest absolute Gasteiger partial charge is 0.305 e. The molecule has 0 aliphatic rings. The number of anilines is 1. The molecule has 1 amide bonds. The van der Waals surface area contributed by atoms with Crippen molar-refractivity contribution in [2.24, 2.45) is 4.99 Å². The number of hydrogen-bond donors (Lipinski definition) is 1. The van der Waals surface area contributed by atoms with Gasteiger partial charge in [0.15, 0.2) is 4.80 Å². The van der Waals surface area contributed by atoms with E-state index in [-0.39, 0.29) is 22.7 Å². The van der Waals surface area contributed by atoms with Crippen molar-refractivity contribution in [1.29, 1.82) is 0 Å². The highest BCUT2D eigenvalue weighted by atomic mass is 32.2. The zero-order valence-corrected chi connectivity index (χ0v) is 20.6. The lowest BCUT2D eigenvalue weighted by atomic mass is 10.1. The highest BCUT2D eigenvalue weighted by Crippen LogP contribution is 2.22. The van der Waals surface area contributed by atoms with Gasteiger partial charge in [-0.2, -0.15) is 4.99 Å². The maximum absolute atomic E-state index is 13.0. The Balaban J connectivity index is 1.69. The van der Waals surface area contributed by atoms with Crippen molar-refractivity contribution in [2.75, 3.05) is 4.72 Å². The molecule has 1 aromatic heterocycles. The average Bonchev–Trinajstić information content (AvgIpc) is 3.10. The van der Waals surface area contributed by atoms with Crippen LogP contribution in [-0.2, 0) is 16.6 Å². The van der Waals surface area contributed by atoms with Gasteiger partial charge in [-0.25, -0.2) is 8.42 Å². The van der Waals surface area contributed by atoms with E-state index in [1.807, 2.05) is 31.4 Å². The predicted molar refractivity (Wildman–Crippen MR) is 136 cm³/mol. The molecule has 0 unspecified atom stereocenters. The quantitative estimate of drug-likeness (QED) is 0.409. The molecule has 0 fully saturated rings. The second kappa shape index (κ2) is 9.29. The molecule has 4 aromatic rings. The van der Waals surface area contributed by atoms with Crippen LogP contribution in [0.5, 0.6) is 0 Å². The molecule has 0 saturated carbocycles. The molecule has 1 heterocycles. The maximum atomic E-state index is 13.0. The summed E-state index contributed by atoms with van der Waals surface area (Å²) in [6.07, 6.45) is 5.57. The van der Waals surface area contributed by atoms with Gasteiger partial charge < -0.3 is 4.57 Å². The Morgan fingerprint density at radius 3 is 2.47 bits per heavy atom. The number of nitrogens with zero attached hydrogens (tertiary/aromatic N) is 2. The first kappa shape index (κ1) is 23.5. The number of nitrogens with one attached hydrogen (secondary N) is 1. The number of aromatic nitrogens is 1. The Kier molecular flexibility index (Phi) is 6.42. The first-order chi connectivity index (χ1) is 16.2. The molecular formula is C26H23N3O3S2. The number of hydrogen-bond acceptors (Lipinski definition) is 4. The lowest BCUT2D eigenvalue weighted by Gasteiger charge is -2.09. The summed E-state index contributed by atoms with van der Waals surface area (Å²) in [5, 5.41) is 0. The van der Waals surface area contributed by atoms with Crippen molar-refractivity contribution in [3.8, 4) is 12.3 Å². The number of carbonyl (C=O) groups is 1. The number of benzene rings is 3. The number of amides is 1. The minimum absolute atomic E-state index is 0.144. The Morgan fingerprint density at radius 2 is 1.76 bits per heavy atom. The van der Waals surface area contributed by atoms with Crippen LogP contribution in [0.25, 0.3) is 10.2 Å². The average molecular weight is 490 g/mol. The summed E-state index contributed by atoms with van der Waals surface area (Å²) in [5.41, 5.74) is 4.71. The molecular weight excluding hydrogens is 466 g/mol. The van der Waals surface area contributed by atoms with E-state index in [0.717, 1.165) is 26.9 Å². The van der Waals surface area contributed by atoms with E-state index < -0.39 is 15.9 Å². The monoisotopic (exact) mass is 489 g/mol. The molecule has 0 spiro atoms. The van der Waals surface area contributed by atoms with Crippen LogP contribution in [0.15, 0.2) is 70.6 Å². The third-order valence-electron chi connectivity index (χ3n) is 5.44. The van der Waals surface area contributed by atoms with Crippen LogP contribution in [0.1, 0.15) is 27.0 Å². The highest BCUT2D eigenvalue weighted by molar-refractivity contribution is 7.92. The number of thiazole rings is 1. The van der Waals surface area contributed by atoms with Gasteiger partial charge in [0.1, 0.15) is 0 Å². The van der Waals surface area contributed by atoms with Crippen molar-refractivity contribution < 1.29 is 13.2 Å². The highest BCUT2D eigenvalue weighted by Gasteiger charge is 2.15. The van der Waals surface area contributed by atoms with E-state index in [9.17, 15) is 13.2 Å². The Bertz CT molecular complexity index is 1620. The van der Waals surface area contributed by atoms with E-state index in [1.54, 1.807) is 30.3 Å². The molecule has 8 heteroatoms. The number of carbonyl (C=O) groups excluding carboxylic acids is 1. The molecule has 0 atom stereocenters. The Labute approximate surface area is 202 Å². The third-order valence-corrected chi connectivity index (χ3v) is 7.88. The first-order valence-electron chi connectivity index (χ1n) is 10.5. The van der Waals surface area contributed by atoms with Crippen LogP contribution in [0.3, 0.4) is 0 Å². The summed E-state index contributed by atoms with van der Waals surface area (Å²) in [7, 11) is -3.79. The number of aryl methyl sites for hydroxylation is 3. The van der Waals surface area contributed by atoms with E-state index in [2.05, 4.69) is 21.7 Å². The summed E-state index contributed by atoms with van der Waals surface area (Å²) >= 11 is 1.39. The zero-order chi connectivity index (χ0) is 24.5. The van der Waals surface area contributed by atoms with Gasteiger partial charge in [-0.15, -0.1) is 6.42 Å². The van der Waals surface area contributed by atoms with Crippen LogP contribution in [0.4, 0.5) is 5.69 Å². The van der Waals surface area contributed by atoms with E-state index in [1.165, 1.54) is 29.5 Å². The third kappa shape index (κ3) is 4.81. The van der Waals surface area contributed by atoms with E-state index >= 15 is 0 Å². The number of rotatable bonds is 5. The fraction of sp³-hybridized carbons (Fsp3) is 0.154. The fourth-order valence-corrected chi connectivity index (χ4v) is 5.61. The summed E-state index contributed by atoms with van der Waals surface area (Å²) in [5.74, 6) is 2.14. The molecule has 0 bridgehead atoms. The molecule has 6 nitrogen and oxygen atoms in total. The van der Waals surface area contributed by atoms with Gasteiger partial charge in [0, 0.05) is 11.3 Å². The predicted octanol–water partition coefficient (Wildman–Crippen LogP) is 4.80. The minimum Gasteiger partial charge on any atom is -0.305 e. The molecule has 4 rings (SSSR count). The zero-order valence-electron chi connectivity index (χ0n) is 19.0. The number of terminal acetylenes is 1. The molecule has 0 aliphatic heterocycles. The van der Waals surface area contributed by atoms with E-state index in [0.29, 0.717) is 4.80 Å². The van der Waals surface area contributed by atoms with E-state index in [4.69, 9.17) is 6.42 Å². The van der Waals surface area contributed by atoms with Gasteiger partial charge in [0.2, 0.25) is 0 Å². The molecule has 0 saturated heterocycles. The van der Waals surface area contributed by atoms with Gasteiger partial charge in [-0.1, -0.05) is 41.0 Å². The Morgan fingerprint density at radius 1 is 1.06 bits per heavy atom. The SMILES string of the molecule is C#CCn1c(=NC(=O)c2cccc(NS(=O)(=O)c3ccc(C)cc3)c2)sc2cc(C)c(C)cc21. The van der Waals surface area contributed by atoms with Gasteiger partial charge in [-0.3, -0.25) is 9.52 Å². The lowest BCUT2D eigenvalue weighted by Crippen LogP contribution is -2.17. The second-order valence-corrected chi connectivity index (χ2v) is 10.7. The summed E-state index contributed by atoms with van der Waals surface area (Å²) in [6.45, 7) is 6.22. The molecule has 34 heavy (non-hydrogen) atoms. The summed E-state index contributed by atoms with van der Waals surface area (Å²) in [4.78, 5) is 18.0. The van der Waals surface area contributed by atoms with Gasteiger partial charge in [-0.05, 0) is 74.4 Å². The number of sulfonamides is 1. The standard InChI is InChI=1S/C26H23N3O3S2/c1-5-13-29-23-14-18(3)19(4)15-24(23)33-26(29)27-25(30)20-7-6-8-21(16-20)28-34(31,32)22-11-9-17(2)10-12-22/h1,6-12,14-16,28H,13H2,2-4H3. The van der Waals surface area contributed by atoms with Crippen molar-refractivity contribution in [1.82, 2.24) is 4.57 Å². The number of fused-ring (bicyclic) bond motifs is 1. The molecule has 3 aromatic carbocycles. The van der Waals surface area contributed by atoms with Crippen LogP contribution in [0.2, 0.25) is 0 Å². The van der Waals surface area contributed by atoms with Crippen molar-refractivity contribution in [3.05, 3.63) is 87.7 Å².